The molecule has 1 aromatic heterocycles. The van der Waals surface area contributed by atoms with E-state index < -0.39 is 15.9 Å². The van der Waals surface area contributed by atoms with Gasteiger partial charge < -0.3 is 15.9 Å². The van der Waals surface area contributed by atoms with Gasteiger partial charge in [-0.15, -0.1) is 0 Å². The molecule has 0 aromatic carbocycles. The van der Waals surface area contributed by atoms with E-state index in [-0.39, 0.29) is 10.9 Å². The summed E-state index contributed by atoms with van der Waals surface area (Å²) in [6.07, 6.45) is 0. The van der Waals surface area contributed by atoms with Gasteiger partial charge in [-0.3, -0.25) is 9.69 Å². The van der Waals surface area contributed by atoms with Gasteiger partial charge >= 0.3 is 0 Å². The van der Waals surface area contributed by atoms with Crippen LogP contribution in [0.4, 0.5) is 0 Å². The van der Waals surface area contributed by atoms with Gasteiger partial charge in [0, 0.05) is 39.3 Å². The SMILES string of the molecule is NCCN1CCN(S(=O)(=O)c2ccc(C(N)=O)o2)CC1. The summed E-state index contributed by atoms with van der Waals surface area (Å²) >= 11 is 0. The van der Waals surface area contributed by atoms with Gasteiger partial charge in [-0.25, -0.2) is 8.42 Å². The van der Waals surface area contributed by atoms with Gasteiger partial charge in [0.25, 0.3) is 15.9 Å². The average molecular weight is 302 g/mol. The van der Waals surface area contributed by atoms with E-state index in [0.717, 1.165) is 6.54 Å². The quantitative estimate of drug-likeness (QED) is 0.693. The van der Waals surface area contributed by atoms with Crippen molar-refractivity contribution in [3.8, 4) is 0 Å². The third-order valence-corrected chi connectivity index (χ3v) is 4.97. The van der Waals surface area contributed by atoms with Crippen LogP contribution in [0.25, 0.3) is 0 Å². The number of furan rings is 1. The summed E-state index contributed by atoms with van der Waals surface area (Å²) in [5.41, 5.74) is 10.5. The number of piperazine rings is 1. The van der Waals surface area contributed by atoms with Crippen molar-refractivity contribution >= 4 is 15.9 Å². The number of carbonyl (C=O) groups is 1. The summed E-state index contributed by atoms with van der Waals surface area (Å²) < 4.78 is 31.0. The molecule has 8 nitrogen and oxygen atoms in total. The van der Waals surface area contributed by atoms with Crippen LogP contribution in [0.15, 0.2) is 21.6 Å². The predicted octanol–water partition coefficient (Wildman–Crippen LogP) is -1.36. The van der Waals surface area contributed by atoms with Crippen molar-refractivity contribution in [1.29, 1.82) is 0 Å². The molecule has 1 saturated heterocycles. The van der Waals surface area contributed by atoms with Crippen molar-refractivity contribution in [3.05, 3.63) is 17.9 Å². The minimum Gasteiger partial charge on any atom is -0.438 e. The van der Waals surface area contributed by atoms with E-state index in [1.54, 1.807) is 0 Å². The number of hydrogen-bond donors (Lipinski definition) is 2. The van der Waals surface area contributed by atoms with Crippen molar-refractivity contribution in [3.63, 3.8) is 0 Å². The first-order valence-electron chi connectivity index (χ1n) is 6.27. The molecule has 0 aliphatic carbocycles. The van der Waals surface area contributed by atoms with Crippen molar-refractivity contribution < 1.29 is 17.6 Å². The van der Waals surface area contributed by atoms with Crippen molar-refractivity contribution in [2.75, 3.05) is 39.3 Å². The summed E-state index contributed by atoms with van der Waals surface area (Å²) in [6.45, 7) is 3.29. The van der Waals surface area contributed by atoms with Crippen LogP contribution in [0.1, 0.15) is 10.6 Å². The van der Waals surface area contributed by atoms with E-state index >= 15 is 0 Å². The molecule has 1 aliphatic rings. The van der Waals surface area contributed by atoms with E-state index in [2.05, 4.69) is 4.90 Å². The molecule has 20 heavy (non-hydrogen) atoms. The lowest BCUT2D eigenvalue weighted by molar-refractivity contribution is 0.0968. The highest BCUT2D eigenvalue weighted by molar-refractivity contribution is 7.89. The minimum atomic E-state index is -3.71. The van der Waals surface area contributed by atoms with Crippen LogP contribution in [0.2, 0.25) is 0 Å². The molecule has 1 amide bonds. The van der Waals surface area contributed by atoms with E-state index in [9.17, 15) is 13.2 Å². The highest BCUT2D eigenvalue weighted by Gasteiger charge is 2.31. The fourth-order valence-corrected chi connectivity index (χ4v) is 3.43. The first-order valence-corrected chi connectivity index (χ1v) is 7.71. The molecule has 0 radical (unpaired) electrons. The highest BCUT2D eigenvalue weighted by atomic mass is 32.2. The Kier molecular flexibility index (Phi) is 4.43. The number of hydrogen-bond acceptors (Lipinski definition) is 6. The molecule has 0 unspecified atom stereocenters. The van der Waals surface area contributed by atoms with Gasteiger partial charge in [-0.2, -0.15) is 4.31 Å². The molecule has 112 valence electrons. The Morgan fingerprint density at radius 3 is 2.40 bits per heavy atom. The summed E-state index contributed by atoms with van der Waals surface area (Å²) in [5.74, 6) is -0.954. The van der Waals surface area contributed by atoms with Crippen LogP contribution in [0, 0.1) is 0 Å². The number of nitrogens with two attached hydrogens (primary N) is 2. The second-order valence-electron chi connectivity index (χ2n) is 4.52. The van der Waals surface area contributed by atoms with Crippen molar-refractivity contribution in [2.24, 2.45) is 11.5 Å². The van der Waals surface area contributed by atoms with Gasteiger partial charge in [0.05, 0.1) is 0 Å². The van der Waals surface area contributed by atoms with Crippen LogP contribution < -0.4 is 11.5 Å². The maximum Gasteiger partial charge on any atom is 0.284 e. The average Bonchev–Trinajstić information content (AvgIpc) is 2.90. The largest absolute Gasteiger partial charge is 0.438 e. The second kappa shape index (κ2) is 5.92. The van der Waals surface area contributed by atoms with E-state index in [4.69, 9.17) is 15.9 Å². The van der Waals surface area contributed by atoms with Crippen LogP contribution in [0.5, 0.6) is 0 Å². The van der Waals surface area contributed by atoms with Crippen molar-refractivity contribution in [1.82, 2.24) is 9.21 Å². The van der Waals surface area contributed by atoms with Gasteiger partial charge in [-0.05, 0) is 12.1 Å². The number of sulfonamides is 1. The van der Waals surface area contributed by atoms with Gasteiger partial charge in [0.15, 0.2) is 5.76 Å². The van der Waals surface area contributed by atoms with Crippen LogP contribution >= 0.6 is 0 Å². The standard InChI is InChI=1S/C11H18N4O4S/c12-3-4-14-5-7-15(8-6-14)20(17,18)10-2-1-9(19-10)11(13)16/h1-2H,3-8,12H2,(H2,13,16). The maximum absolute atomic E-state index is 12.3. The molecule has 0 saturated carbocycles. The molecule has 9 heteroatoms. The first kappa shape index (κ1) is 15.0. The molecule has 0 spiro atoms. The summed E-state index contributed by atoms with van der Waals surface area (Å²) in [6, 6.07) is 2.52. The van der Waals surface area contributed by atoms with E-state index in [0.29, 0.717) is 32.7 Å². The second-order valence-corrected chi connectivity index (χ2v) is 6.39. The summed E-state index contributed by atoms with van der Waals surface area (Å²) in [5, 5.41) is -0.251. The fraction of sp³-hybridized carbons (Fsp3) is 0.545. The predicted molar refractivity (Wildman–Crippen MR) is 71.5 cm³/mol. The fourth-order valence-electron chi connectivity index (χ4n) is 2.09. The molecular weight excluding hydrogens is 284 g/mol. The number of carbonyl (C=O) groups excluding carboxylic acids is 1. The van der Waals surface area contributed by atoms with Crippen LogP contribution in [-0.4, -0.2) is 62.8 Å². The Bertz CT molecular complexity index is 575. The van der Waals surface area contributed by atoms with E-state index in [1.807, 2.05) is 0 Å². The van der Waals surface area contributed by atoms with E-state index in [1.165, 1.54) is 16.4 Å². The van der Waals surface area contributed by atoms with Crippen LogP contribution in [0.3, 0.4) is 0 Å². The molecule has 2 rings (SSSR count). The smallest absolute Gasteiger partial charge is 0.284 e. The minimum absolute atomic E-state index is 0.162. The first-order chi connectivity index (χ1) is 9.45. The molecule has 0 bridgehead atoms. The highest BCUT2D eigenvalue weighted by Crippen LogP contribution is 2.20. The van der Waals surface area contributed by atoms with Crippen molar-refractivity contribution in [2.45, 2.75) is 5.09 Å². The Morgan fingerprint density at radius 1 is 1.25 bits per heavy atom. The Morgan fingerprint density at radius 2 is 1.90 bits per heavy atom. The maximum atomic E-state index is 12.3. The zero-order chi connectivity index (χ0) is 14.8. The van der Waals surface area contributed by atoms with Gasteiger partial charge in [0.1, 0.15) is 0 Å². The third-order valence-electron chi connectivity index (χ3n) is 3.19. The summed E-state index contributed by atoms with van der Waals surface area (Å²) in [7, 11) is -3.71. The number of nitrogens with zero attached hydrogens (tertiary/aromatic N) is 2. The zero-order valence-corrected chi connectivity index (χ0v) is 11.8. The molecule has 1 aliphatic heterocycles. The molecule has 4 N–H and O–H groups in total. The molecule has 1 aromatic rings. The van der Waals surface area contributed by atoms with Gasteiger partial charge in [0.2, 0.25) is 5.09 Å². The molecule has 2 heterocycles. The zero-order valence-electron chi connectivity index (χ0n) is 11.0. The lowest BCUT2D eigenvalue weighted by Crippen LogP contribution is -2.49. The normalized spacial score (nSPS) is 18.2. The lowest BCUT2D eigenvalue weighted by Gasteiger charge is -2.33. The lowest BCUT2D eigenvalue weighted by atomic mass is 10.3. The Labute approximate surface area is 117 Å². The monoisotopic (exact) mass is 302 g/mol. The number of primary amides is 1. The number of amides is 1. The topological polar surface area (TPSA) is 123 Å². The molecule has 1 fully saturated rings. The molecule has 0 atom stereocenters. The van der Waals surface area contributed by atoms with Gasteiger partial charge in [-0.1, -0.05) is 0 Å². The number of rotatable bonds is 5. The van der Waals surface area contributed by atoms with Crippen LogP contribution in [-0.2, 0) is 10.0 Å². The molecular formula is C11H18N4O4S. The summed E-state index contributed by atoms with van der Waals surface area (Å²) in [4.78, 5) is 13.0. The third kappa shape index (κ3) is 3.01. The Balaban J connectivity index is 2.09. The Hall–Kier alpha value is -1.42.